The highest BCUT2D eigenvalue weighted by Crippen LogP contribution is 3.08. The Balaban J connectivity index is 6.63. The molecule has 0 rings (SSSR count). The zero-order chi connectivity index (χ0) is 21.0. The molecule has 0 bridgehead atoms. The Morgan fingerprint density at radius 3 is 1.12 bits per heavy atom. The molecule has 0 nitrogen and oxygen atoms in total. The second kappa shape index (κ2) is 10.7. The van der Waals surface area contributed by atoms with Gasteiger partial charge in [0.15, 0.2) is 0 Å². The van der Waals surface area contributed by atoms with Crippen molar-refractivity contribution in [3.8, 4) is 0 Å². The standard InChI is InChI=1S/C22H51P4/c1-14-17-26(18-15-2,19-16-3)25(22(10,11)12)24(21(7,8)9)23(13)20(4,5)6/h14-19H2,1-13H3/q+1. The second-order valence-electron chi connectivity index (χ2n) is 10.9. The van der Waals surface area contributed by atoms with E-state index in [1.807, 2.05) is 0 Å². The van der Waals surface area contributed by atoms with Crippen molar-refractivity contribution < 1.29 is 0 Å². The summed E-state index contributed by atoms with van der Waals surface area (Å²) in [5.74, 6) is 0. The Morgan fingerprint density at radius 2 is 0.923 bits per heavy atom. The molecule has 0 amide bonds. The highest BCUT2D eigenvalue weighted by molar-refractivity contribution is 8.80. The summed E-state index contributed by atoms with van der Waals surface area (Å²) in [7, 11) is 0.185. The molecule has 3 atom stereocenters. The minimum atomic E-state index is -0.894. The molecule has 0 radical (unpaired) electrons. The molecule has 0 N–H and O–H groups in total. The van der Waals surface area contributed by atoms with Crippen LogP contribution < -0.4 is 0 Å². The SMILES string of the molecule is CCC[P+](CCC)(CCC)P(P(P(C)C(C)(C)C)C(C)(C)C)C(C)(C)C. The maximum atomic E-state index is 2.67. The van der Waals surface area contributed by atoms with Gasteiger partial charge in [-0.15, -0.1) is 0 Å². The van der Waals surface area contributed by atoms with Crippen LogP contribution in [0.5, 0.6) is 0 Å². The highest BCUT2D eigenvalue weighted by Gasteiger charge is 2.58. The Labute approximate surface area is 172 Å². The second-order valence-corrected chi connectivity index (χ2v) is 31.7. The fourth-order valence-corrected chi connectivity index (χ4v) is 52.3. The van der Waals surface area contributed by atoms with Crippen LogP contribution in [0.15, 0.2) is 0 Å². The third-order valence-electron chi connectivity index (χ3n) is 4.96. The summed E-state index contributed by atoms with van der Waals surface area (Å²) in [6, 6.07) is 0. The minimum Gasteiger partial charge on any atom is -0.0700 e. The van der Waals surface area contributed by atoms with Crippen LogP contribution >= 0.6 is 29.2 Å². The topological polar surface area (TPSA) is 0 Å². The molecule has 0 saturated carbocycles. The molecular weight excluding hydrogens is 388 g/mol. The third-order valence-corrected chi connectivity index (χ3v) is 41.2. The van der Waals surface area contributed by atoms with Crippen LogP contribution in [0.25, 0.3) is 0 Å². The summed E-state index contributed by atoms with van der Waals surface area (Å²) < 4.78 is 0. The van der Waals surface area contributed by atoms with Crippen LogP contribution in [0.2, 0.25) is 0 Å². The molecule has 0 aliphatic carbocycles. The molecule has 0 aromatic heterocycles. The van der Waals surface area contributed by atoms with Gasteiger partial charge in [-0.1, -0.05) is 90.7 Å². The molecule has 0 aromatic rings. The van der Waals surface area contributed by atoms with Crippen LogP contribution in [0.4, 0.5) is 0 Å². The van der Waals surface area contributed by atoms with Gasteiger partial charge >= 0.3 is 0 Å². The molecule has 0 spiro atoms. The number of hydrogen-bond donors (Lipinski definition) is 0. The minimum absolute atomic E-state index is 0.0482. The van der Waals surface area contributed by atoms with Crippen LogP contribution in [-0.2, 0) is 0 Å². The molecule has 0 heterocycles. The summed E-state index contributed by atoms with van der Waals surface area (Å²) in [6.07, 6.45) is 8.85. The van der Waals surface area contributed by atoms with Crippen molar-refractivity contribution in [2.45, 2.75) is 118 Å². The lowest BCUT2D eigenvalue weighted by Crippen LogP contribution is -2.24. The van der Waals surface area contributed by atoms with Crippen molar-refractivity contribution >= 4 is 29.2 Å². The van der Waals surface area contributed by atoms with Gasteiger partial charge in [-0.05, 0) is 43.5 Å². The first-order valence-corrected chi connectivity index (χ1v) is 19.7. The van der Waals surface area contributed by atoms with Gasteiger partial charge in [0.05, 0.1) is 25.8 Å². The van der Waals surface area contributed by atoms with Crippen molar-refractivity contribution in [2.24, 2.45) is 0 Å². The van der Waals surface area contributed by atoms with E-state index in [1.165, 1.54) is 19.3 Å². The Morgan fingerprint density at radius 1 is 0.577 bits per heavy atom. The van der Waals surface area contributed by atoms with Crippen molar-refractivity contribution in [3.05, 3.63) is 0 Å². The molecule has 0 aromatic carbocycles. The summed E-state index contributed by atoms with van der Waals surface area (Å²) >= 11 is 0. The molecule has 0 aliphatic rings. The van der Waals surface area contributed by atoms with Gasteiger partial charge < -0.3 is 0 Å². The molecule has 0 saturated heterocycles. The zero-order valence-corrected chi connectivity index (χ0v) is 24.1. The first-order valence-electron chi connectivity index (χ1n) is 10.8. The average Bonchev–Trinajstić information content (AvgIpc) is 2.40. The maximum Gasteiger partial charge on any atom is 0.0889 e. The van der Waals surface area contributed by atoms with E-state index in [1.54, 1.807) is 18.5 Å². The van der Waals surface area contributed by atoms with Gasteiger partial charge in [-0.3, -0.25) is 0 Å². The number of hydrogen-bond acceptors (Lipinski definition) is 0. The molecule has 4 heteroatoms. The predicted molar refractivity (Wildman–Crippen MR) is 138 cm³/mol. The molecular formula is C22H51P4+. The van der Waals surface area contributed by atoms with Gasteiger partial charge in [-0.2, -0.15) is 0 Å². The van der Waals surface area contributed by atoms with E-state index in [2.05, 4.69) is 89.7 Å². The maximum absolute atomic E-state index is 2.67. The lowest BCUT2D eigenvalue weighted by atomic mass is 10.3. The highest BCUT2D eigenvalue weighted by atomic mass is 32.7. The van der Waals surface area contributed by atoms with Gasteiger partial charge in [-0.25, -0.2) is 0 Å². The van der Waals surface area contributed by atoms with Crippen molar-refractivity contribution in [3.63, 3.8) is 0 Å². The van der Waals surface area contributed by atoms with Gasteiger partial charge in [0.2, 0.25) is 0 Å². The van der Waals surface area contributed by atoms with Crippen LogP contribution in [0, 0.1) is 0 Å². The third kappa shape index (κ3) is 7.52. The lowest BCUT2D eigenvalue weighted by molar-refractivity contribution is 0.775. The zero-order valence-electron chi connectivity index (χ0n) is 20.5. The van der Waals surface area contributed by atoms with E-state index < -0.39 is 6.95 Å². The Hall–Kier alpha value is 1.72. The van der Waals surface area contributed by atoms with Gasteiger partial charge in [0.1, 0.15) is 0 Å². The smallest absolute Gasteiger partial charge is 0.0700 e. The van der Waals surface area contributed by atoms with E-state index >= 15 is 0 Å². The first kappa shape index (κ1) is 27.7. The van der Waals surface area contributed by atoms with Crippen molar-refractivity contribution in [1.29, 1.82) is 0 Å². The van der Waals surface area contributed by atoms with Crippen LogP contribution in [0.1, 0.15) is 102 Å². The van der Waals surface area contributed by atoms with Crippen LogP contribution in [0.3, 0.4) is 0 Å². The van der Waals surface area contributed by atoms with E-state index in [0.29, 0.717) is 15.5 Å². The van der Waals surface area contributed by atoms with E-state index in [4.69, 9.17) is 0 Å². The summed E-state index contributed by atoms with van der Waals surface area (Å²) in [4.78, 5) is 0. The largest absolute Gasteiger partial charge is 0.0889 e. The van der Waals surface area contributed by atoms with Crippen molar-refractivity contribution in [1.82, 2.24) is 0 Å². The predicted octanol–water partition coefficient (Wildman–Crippen LogP) is 10.4. The molecule has 0 fully saturated rings. The normalized spacial score (nSPS) is 17.9. The number of rotatable bonds is 9. The van der Waals surface area contributed by atoms with Gasteiger partial charge in [0.25, 0.3) is 0 Å². The average molecular weight is 440 g/mol. The van der Waals surface area contributed by atoms with Crippen LogP contribution in [-0.4, -0.2) is 40.6 Å². The van der Waals surface area contributed by atoms with Crippen molar-refractivity contribution in [2.75, 3.05) is 25.2 Å². The van der Waals surface area contributed by atoms with Gasteiger partial charge in [0, 0.05) is 12.1 Å². The molecule has 0 aliphatic heterocycles. The Kier molecular flexibility index (Phi) is 11.4. The fourth-order valence-electron chi connectivity index (χ4n) is 4.11. The lowest BCUT2D eigenvalue weighted by Gasteiger charge is -2.53. The monoisotopic (exact) mass is 439 g/mol. The molecule has 26 heavy (non-hydrogen) atoms. The first-order chi connectivity index (χ1) is 11.6. The van der Waals surface area contributed by atoms with E-state index in [-0.39, 0.29) is 22.2 Å². The summed E-state index contributed by atoms with van der Waals surface area (Å²) in [5.41, 5.74) is 0. The summed E-state index contributed by atoms with van der Waals surface area (Å²) in [5, 5.41) is 1.44. The molecule has 3 unspecified atom stereocenters. The van der Waals surface area contributed by atoms with E-state index in [0.717, 1.165) is 0 Å². The molecule has 158 valence electrons. The fraction of sp³-hybridized carbons (Fsp3) is 1.00. The Bertz CT molecular complexity index is 381. The quantitative estimate of drug-likeness (QED) is 0.313. The summed E-state index contributed by atoms with van der Waals surface area (Å²) in [6.45, 7) is 32.3. The van der Waals surface area contributed by atoms with E-state index in [9.17, 15) is 0 Å².